The molecule has 1 saturated carbocycles. The van der Waals surface area contributed by atoms with E-state index in [1.54, 1.807) is 11.8 Å². The molecule has 1 rings (SSSR count). The van der Waals surface area contributed by atoms with Crippen LogP contribution in [0.25, 0.3) is 0 Å². The highest BCUT2D eigenvalue weighted by molar-refractivity contribution is 7.99. The summed E-state index contributed by atoms with van der Waals surface area (Å²) in [5.74, 6) is 3.94. The normalized spacial score (nSPS) is 28.3. The highest BCUT2D eigenvalue weighted by atomic mass is 32.2. The standard InChI is InChI=1S/C14H24N2O2S/c1-5-8-19-9-7-16-12(17)14(15)10-11(18-6-2)13(14,3)4/h1,11H,6-10,15H2,2-4H3,(H,16,17). The molecule has 1 fully saturated rings. The smallest absolute Gasteiger partial charge is 0.240 e. The SMILES string of the molecule is C#CCSCCNC(=O)C1(N)CC(OCC)C1(C)C. The molecular formula is C14H24N2O2S. The zero-order chi connectivity index (χ0) is 14.5. The van der Waals surface area contributed by atoms with E-state index in [0.717, 1.165) is 5.75 Å². The van der Waals surface area contributed by atoms with Gasteiger partial charge in [-0.05, 0) is 6.92 Å². The molecule has 108 valence electrons. The molecule has 2 atom stereocenters. The molecule has 0 aromatic carbocycles. The first kappa shape index (κ1) is 16.4. The van der Waals surface area contributed by atoms with Crippen molar-refractivity contribution in [3.05, 3.63) is 0 Å². The van der Waals surface area contributed by atoms with Gasteiger partial charge in [-0.15, -0.1) is 18.2 Å². The van der Waals surface area contributed by atoms with E-state index in [-0.39, 0.29) is 17.4 Å². The summed E-state index contributed by atoms with van der Waals surface area (Å²) in [5.41, 5.74) is 5.09. The number of hydrogen-bond donors (Lipinski definition) is 2. The number of amides is 1. The second-order valence-electron chi connectivity index (χ2n) is 5.35. The molecule has 1 amide bonds. The van der Waals surface area contributed by atoms with Gasteiger partial charge in [-0.2, -0.15) is 0 Å². The van der Waals surface area contributed by atoms with Crippen molar-refractivity contribution in [2.24, 2.45) is 11.1 Å². The average Bonchev–Trinajstić information content (AvgIpc) is 2.37. The minimum atomic E-state index is -0.830. The summed E-state index contributed by atoms with van der Waals surface area (Å²) in [5, 5.41) is 2.89. The zero-order valence-corrected chi connectivity index (χ0v) is 12.8. The maximum absolute atomic E-state index is 12.2. The lowest BCUT2D eigenvalue weighted by atomic mass is 9.54. The Morgan fingerprint density at radius 3 is 2.84 bits per heavy atom. The third-order valence-corrected chi connectivity index (χ3v) is 4.82. The topological polar surface area (TPSA) is 64.4 Å². The summed E-state index contributed by atoms with van der Waals surface area (Å²) >= 11 is 1.62. The summed E-state index contributed by atoms with van der Waals surface area (Å²) in [7, 11) is 0. The lowest BCUT2D eigenvalue weighted by Gasteiger charge is -2.57. The van der Waals surface area contributed by atoms with Crippen LogP contribution < -0.4 is 11.1 Å². The molecule has 0 aromatic rings. The Kier molecular flexibility index (Phi) is 5.72. The fourth-order valence-corrected chi connectivity index (χ4v) is 2.85. The van der Waals surface area contributed by atoms with Gasteiger partial charge in [0.25, 0.3) is 0 Å². The van der Waals surface area contributed by atoms with Gasteiger partial charge in [0.2, 0.25) is 5.91 Å². The number of terminal acetylenes is 1. The second kappa shape index (κ2) is 6.65. The summed E-state index contributed by atoms with van der Waals surface area (Å²) < 4.78 is 5.61. The van der Waals surface area contributed by atoms with Crippen molar-refractivity contribution in [2.45, 2.75) is 38.8 Å². The number of nitrogens with one attached hydrogen (secondary N) is 1. The van der Waals surface area contributed by atoms with E-state index in [1.807, 2.05) is 20.8 Å². The lowest BCUT2D eigenvalue weighted by molar-refractivity contribution is -0.170. The summed E-state index contributed by atoms with van der Waals surface area (Å²) in [6.45, 7) is 7.18. The van der Waals surface area contributed by atoms with Crippen LogP contribution in [-0.4, -0.2) is 42.2 Å². The summed E-state index contributed by atoms with van der Waals surface area (Å²) in [4.78, 5) is 12.2. The molecule has 4 nitrogen and oxygen atoms in total. The van der Waals surface area contributed by atoms with Crippen LogP contribution in [0.15, 0.2) is 0 Å². The number of thioether (sulfide) groups is 1. The molecule has 0 bridgehead atoms. The number of carbonyl (C=O) groups is 1. The number of ether oxygens (including phenoxy) is 1. The van der Waals surface area contributed by atoms with Gasteiger partial charge in [0.05, 0.1) is 11.9 Å². The Morgan fingerprint density at radius 2 is 2.32 bits per heavy atom. The fraction of sp³-hybridized carbons (Fsp3) is 0.786. The van der Waals surface area contributed by atoms with Crippen LogP contribution >= 0.6 is 11.8 Å². The van der Waals surface area contributed by atoms with Crippen molar-refractivity contribution < 1.29 is 9.53 Å². The second-order valence-corrected chi connectivity index (χ2v) is 6.46. The van der Waals surface area contributed by atoms with E-state index in [9.17, 15) is 4.79 Å². The molecule has 1 aliphatic rings. The lowest BCUT2D eigenvalue weighted by Crippen LogP contribution is -2.75. The minimum absolute atomic E-state index is 0.0593. The Hall–Kier alpha value is -0.700. The van der Waals surface area contributed by atoms with E-state index in [0.29, 0.717) is 25.3 Å². The van der Waals surface area contributed by atoms with E-state index >= 15 is 0 Å². The van der Waals surface area contributed by atoms with Gasteiger partial charge in [-0.1, -0.05) is 19.8 Å². The molecule has 0 radical (unpaired) electrons. The predicted molar refractivity (Wildman–Crippen MR) is 79.9 cm³/mol. The zero-order valence-electron chi connectivity index (χ0n) is 12.0. The number of rotatable bonds is 7. The first-order valence-electron chi connectivity index (χ1n) is 6.60. The highest BCUT2D eigenvalue weighted by Gasteiger charge is 2.62. The van der Waals surface area contributed by atoms with E-state index in [4.69, 9.17) is 16.9 Å². The minimum Gasteiger partial charge on any atom is -0.378 e. The number of carbonyl (C=O) groups excluding carboxylic acids is 1. The molecule has 0 aliphatic heterocycles. The third-order valence-electron chi connectivity index (χ3n) is 3.95. The van der Waals surface area contributed by atoms with Crippen LogP contribution in [0.4, 0.5) is 0 Å². The number of nitrogens with two attached hydrogens (primary N) is 1. The van der Waals surface area contributed by atoms with Gasteiger partial charge in [0, 0.05) is 30.7 Å². The molecule has 3 N–H and O–H groups in total. The molecular weight excluding hydrogens is 260 g/mol. The van der Waals surface area contributed by atoms with Crippen molar-refractivity contribution in [2.75, 3.05) is 24.7 Å². The number of hydrogen-bond acceptors (Lipinski definition) is 4. The largest absolute Gasteiger partial charge is 0.378 e. The van der Waals surface area contributed by atoms with E-state index < -0.39 is 5.54 Å². The average molecular weight is 284 g/mol. The molecule has 0 aromatic heterocycles. The van der Waals surface area contributed by atoms with Crippen molar-refractivity contribution >= 4 is 17.7 Å². The van der Waals surface area contributed by atoms with Gasteiger partial charge < -0.3 is 15.8 Å². The van der Waals surface area contributed by atoms with Crippen molar-refractivity contribution in [3.63, 3.8) is 0 Å². The Morgan fingerprint density at radius 1 is 1.63 bits per heavy atom. The van der Waals surface area contributed by atoms with Gasteiger partial charge in [0.15, 0.2) is 0 Å². The third kappa shape index (κ3) is 3.25. The first-order valence-corrected chi connectivity index (χ1v) is 7.75. The van der Waals surface area contributed by atoms with Gasteiger partial charge >= 0.3 is 0 Å². The summed E-state index contributed by atoms with van der Waals surface area (Å²) in [6.07, 6.45) is 5.80. The molecule has 1 aliphatic carbocycles. The maximum atomic E-state index is 12.2. The van der Waals surface area contributed by atoms with Crippen LogP contribution in [-0.2, 0) is 9.53 Å². The van der Waals surface area contributed by atoms with Gasteiger partial charge in [-0.3, -0.25) is 4.79 Å². The first-order chi connectivity index (χ1) is 8.90. The van der Waals surface area contributed by atoms with Crippen LogP contribution in [0.5, 0.6) is 0 Å². The van der Waals surface area contributed by atoms with E-state index in [1.165, 1.54) is 0 Å². The van der Waals surface area contributed by atoms with E-state index in [2.05, 4.69) is 11.2 Å². The molecule has 0 spiro atoms. The molecule has 5 heteroatoms. The molecule has 0 saturated heterocycles. The summed E-state index contributed by atoms with van der Waals surface area (Å²) in [6, 6.07) is 0. The molecule has 2 unspecified atom stereocenters. The van der Waals surface area contributed by atoms with Crippen molar-refractivity contribution in [1.29, 1.82) is 0 Å². The van der Waals surface area contributed by atoms with Gasteiger partial charge in [0.1, 0.15) is 5.54 Å². The quantitative estimate of drug-likeness (QED) is 0.541. The Labute approximate surface area is 120 Å². The predicted octanol–water partition coefficient (Wildman–Crippen LogP) is 1.00. The Bertz CT molecular complexity index is 365. The van der Waals surface area contributed by atoms with Crippen molar-refractivity contribution in [3.8, 4) is 12.3 Å². The van der Waals surface area contributed by atoms with Crippen LogP contribution in [0.2, 0.25) is 0 Å². The molecule has 0 heterocycles. The van der Waals surface area contributed by atoms with Crippen LogP contribution in [0, 0.1) is 17.8 Å². The monoisotopic (exact) mass is 284 g/mol. The fourth-order valence-electron chi connectivity index (χ4n) is 2.35. The van der Waals surface area contributed by atoms with Crippen LogP contribution in [0.3, 0.4) is 0 Å². The van der Waals surface area contributed by atoms with Gasteiger partial charge in [-0.25, -0.2) is 0 Å². The van der Waals surface area contributed by atoms with Crippen molar-refractivity contribution in [1.82, 2.24) is 5.32 Å². The maximum Gasteiger partial charge on any atom is 0.240 e. The Balaban J connectivity index is 2.42. The molecule has 19 heavy (non-hydrogen) atoms. The van der Waals surface area contributed by atoms with Crippen LogP contribution in [0.1, 0.15) is 27.2 Å². The highest BCUT2D eigenvalue weighted by Crippen LogP contribution is 2.49.